The highest BCUT2D eigenvalue weighted by molar-refractivity contribution is 7.90. The number of benzene rings is 2. The van der Waals surface area contributed by atoms with Crippen LogP contribution in [-0.2, 0) is 24.7 Å². The second-order valence-corrected chi connectivity index (χ2v) is 9.93. The van der Waals surface area contributed by atoms with E-state index >= 15 is 0 Å². The Labute approximate surface area is 222 Å². The largest absolute Gasteiger partial charge is 0.356 e. The summed E-state index contributed by atoms with van der Waals surface area (Å²) in [5, 5.41) is 13.4. The van der Waals surface area contributed by atoms with Crippen molar-refractivity contribution in [2.24, 2.45) is 5.92 Å². The van der Waals surface area contributed by atoms with Gasteiger partial charge in [0.05, 0.1) is 11.3 Å². The zero-order valence-corrected chi connectivity index (χ0v) is 22.0. The highest BCUT2D eigenvalue weighted by atomic mass is 32.2. The summed E-state index contributed by atoms with van der Waals surface area (Å²) in [6, 6.07) is 20.2. The van der Waals surface area contributed by atoms with Crippen LogP contribution in [0, 0.1) is 12.8 Å². The molecule has 1 radical (unpaired) electrons. The maximum Gasteiger partial charge on any atom is 0.356 e. The van der Waals surface area contributed by atoms with Gasteiger partial charge in [-0.25, -0.2) is 23.0 Å². The number of nitrogens with one attached hydrogen (secondary N) is 2. The lowest BCUT2D eigenvalue weighted by Gasteiger charge is -2.14. The Morgan fingerprint density at radius 2 is 1.61 bits per heavy atom. The fourth-order valence-corrected chi connectivity index (χ4v) is 4.29. The molecular weight excluding hydrogens is 506 g/mol. The summed E-state index contributed by atoms with van der Waals surface area (Å²) in [6.07, 6.45) is 5.14. The van der Waals surface area contributed by atoms with Crippen LogP contribution < -0.4 is 10.0 Å². The minimum Gasteiger partial charge on any atom is -0.329 e. The molecule has 10 heteroatoms. The van der Waals surface area contributed by atoms with Crippen molar-refractivity contribution in [3.8, 4) is 0 Å². The second kappa shape index (κ2) is 15.1. The normalized spacial score (nSPS) is 11.6. The summed E-state index contributed by atoms with van der Waals surface area (Å²) < 4.78 is 26.8. The van der Waals surface area contributed by atoms with Gasteiger partial charge >= 0.3 is 5.97 Å². The number of hydrogen-bond donors (Lipinski definition) is 2. The van der Waals surface area contributed by atoms with E-state index in [0.717, 1.165) is 11.3 Å². The molecule has 0 spiro atoms. The van der Waals surface area contributed by atoms with Crippen molar-refractivity contribution in [1.29, 1.82) is 0 Å². The van der Waals surface area contributed by atoms with Gasteiger partial charge in [-0.3, -0.25) is 14.6 Å². The number of carbonyl (C=O) groups is 3. The van der Waals surface area contributed by atoms with Gasteiger partial charge in [-0.1, -0.05) is 49.7 Å². The summed E-state index contributed by atoms with van der Waals surface area (Å²) in [5.74, 6) is -3.77. The molecule has 2 aromatic carbocycles. The molecule has 0 aliphatic rings. The molecule has 3 aromatic rings. The van der Waals surface area contributed by atoms with Crippen molar-refractivity contribution in [3.05, 3.63) is 102 Å². The lowest BCUT2D eigenvalue weighted by atomic mass is 9.99. The average molecular weight is 537 g/mol. The van der Waals surface area contributed by atoms with Crippen LogP contribution >= 0.6 is 0 Å². The smallest absolute Gasteiger partial charge is 0.329 e. The summed E-state index contributed by atoms with van der Waals surface area (Å²) >= 11 is 0. The van der Waals surface area contributed by atoms with Crippen LogP contribution in [0.5, 0.6) is 0 Å². The SMILES string of the molecule is CCCC(CC([O])=O)C(=O)NS(=O)(=O)c1ccc(C(=O)NC=Cc2ccccc2)cc1.Cc1ccccn1. The number of aromatic nitrogens is 1. The van der Waals surface area contributed by atoms with E-state index in [1.165, 1.54) is 30.5 Å². The third-order valence-corrected chi connectivity index (χ3v) is 6.55. The van der Waals surface area contributed by atoms with Gasteiger partial charge < -0.3 is 5.32 Å². The highest BCUT2D eigenvalue weighted by Gasteiger charge is 2.26. The lowest BCUT2D eigenvalue weighted by Crippen LogP contribution is -2.36. The Bertz CT molecular complexity index is 1330. The van der Waals surface area contributed by atoms with E-state index in [-0.39, 0.29) is 16.9 Å². The average Bonchev–Trinajstić information content (AvgIpc) is 2.89. The summed E-state index contributed by atoms with van der Waals surface area (Å²) in [6.45, 7) is 3.73. The van der Waals surface area contributed by atoms with Crippen molar-refractivity contribution in [2.45, 2.75) is 38.0 Å². The number of aryl methyl sites for hydroxylation is 1. The molecule has 2 N–H and O–H groups in total. The van der Waals surface area contributed by atoms with E-state index in [2.05, 4.69) is 10.3 Å². The molecule has 1 heterocycles. The molecule has 0 bridgehead atoms. The van der Waals surface area contributed by atoms with Crippen molar-refractivity contribution < 1.29 is 27.9 Å². The third-order valence-electron chi connectivity index (χ3n) is 5.19. The van der Waals surface area contributed by atoms with Crippen molar-refractivity contribution in [1.82, 2.24) is 15.0 Å². The van der Waals surface area contributed by atoms with Gasteiger partial charge in [0.15, 0.2) is 0 Å². The molecule has 9 nitrogen and oxygen atoms in total. The minimum absolute atomic E-state index is 0.213. The number of rotatable bonds is 10. The van der Waals surface area contributed by atoms with Crippen LogP contribution in [0.3, 0.4) is 0 Å². The predicted molar refractivity (Wildman–Crippen MR) is 142 cm³/mol. The van der Waals surface area contributed by atoms with Gasteiger partial charge in [0.2, 0.25) is 5.91 Å². The van der Waals surface area contributed by atoms with Gasteiger partial charge in [0.1, 0.15) is 0 Å². The van der Waals surface area contributed by atoms with E-state index in [4.69, 9.17) is 0 Å². The third kappa shape index (κ3) is 10.4. The molecule has 1 aromatic heterocycles. The Morgan fingerprint density at radius 1 is 0.947 bits per heavy atom. The number of nitrogens with zero attached hydrogens (tertiary/aromatic N) is 1. The van der Waals surface area contributed by atoms with E-state index in [9.17, 15) is 27.9 Å². The van der Waals surface area contributed by atoms with Crippen LogP contribution in [0.1, 0.15) is 47.8 Å². The Hall–Kier alpha value is -4.31. The maximum atomic E-state index is 12.4. The van der Waals surface area contributed by atoms with Crippen LogP contribution in [0.2, 0.25) is 0 Å². The number of hydrogen-bond acceptors (Lipinski definition) is 6. The van der Waals surface area contributed by atoms with Crippen molar-refractivity contribution in [2.75, 3.05) is 0 Å². The lowest BCUT2D eigenvalue weighted by molar-refractivity contribution is -0.146. The van der Waals surface area contributed by atoms with Crippen LogP contribution in [0.25, 0.3) is 6.08 Å². The van der Waals surface area contributed by atoms with Crippen LogP contribution in [-0.4, -0.2) is 31.2 Å². The minimum atomic E-state index is -4.21. The molecule has 0 aliphatic heterocycles. The molecule has 0 saturated heterocycles. The number of pyridine rings is 1. The zero-order valence-electron chi connectivity index (χ0n) is 21.2. The van der Waals surface area contributed by atoms with Gasteiger partial charge in [0.25, 0.3) is 15.9 Å². The predicted octanol–water partition coefficient (Wildman–Crippen LogP) is 4.05. The summed E-state index contributed by atoms with van der Waals surface area (Å²) in [5.41, 5.74) is 2.20. The quantitative estimate of drug-likeness (QED) is 0.400. The molecule has 0 aliphatic carbocycles. The molecule has 0 fully saturated rings. The van der Waals surface area contributed by atoms with Crippen molar-refractivity contribution in [3.63, 3.8) is 0 Å². The first-order chi connectivity index (χ1) is 18.1. The van der Waals surface area contributed by atoms with Gasteiger partial charge in [-0.2, -0.15) is 0 Å². The zero-order chi connectivity index (χ0) is 28.0. The molecule has 38 heavy (non-hydrogen) atoms. The van der Waals surface area contributed by atoms with E-state index in [1.54, 1.807) is 19.2 Å². The Balaban J connectivity index is 0.000000624. The molecule has 3 rings (SSSR count). The number of carbonyl (C=O) groups excluding carboxylic acids is 3. The first-order valence-corrected chi connectivity index (χ1v) is 13.4. The molecule has 2 amide bonds. The van der Waals surface area contributed by atoms with Crippen LogP contribution in [0.4, 0.5) is 0 Å². The van der Waals surface area contributed by atoms with Gasteiger partial charge in [0, 0.05) is 29.6 Å². The fourth-order valence-electron chi connectivity index (χ4n) is 3.24. The Kier molecular flexibility index (Phi) is 11.9. The van der Waals surface area contributed by atoms with Crippen molar-refractivity contribution >= 4 is 33.9 Å². The number of amides is 2. The molecule has 1 atom stereocenters. The van der Waals surface area contributed by atoms with E-state index in [1.807, 2.05) is 60.2 Å². The van der Waals surface area contributed by atoms with Gasteiger partial charge in [-0.15, -0.1) is 0 Å². The second-order valence-electron chi connectivity index (χ2n) is 8.24. The van der Waals surface area contributed by atoms with E-state index < -0.39 is 40.1 Å². The monoisotopic (exact) mass is 536 g/mol. The molecule has 199 valence electrons. The Morgan fingerprint density at radius 3 is 2.13 bits per heavy atom. The molecule has 1 unspecified atom stereocenters. The maximum absolute atomic E-state index is 12.4. The van der Waals surface area contributed by atoms with E-state index in [0.29, 0.717) is 6.42 Å². The molecule has 0 saturated carbocycles. The molecular formula is C28H30N3O6S. The summed E-state index contributed by atoms with van der Waals surface area (Å²) in [4.78, 5) is 39.0. The highest BCUT2D eigenvalue weighted by Crippen LogP contribution is 2.15. The topological polar surface area (TPSA) is 142 Å². The first-order valence-electron chi connectivity index (χ1n) is 11.9. The standard InChI is InChI=1S/C22H23N2O6S.C6H7N/c1-2-6-18(15-20(25)26)22(28)24-31(29,30)19-11-9-17(10-12-19)21(27)23-14-13-16-7-4-3-5-8-16;1-6-4-2-3-5-7-6/h3-5,7-14,18H,2,6,15H2,1H3,(H,23,27)(H,24,28);2-5H,1H3. The number of sulfonamides is 1. The summed E-state index contributed by atoms with van der Waals surface area (Å²) in [7, 11) is -4.21. The van der Waals surface area contributed by atoms with Gasteiger partial charge in [-0.05, 0) is 61.4 Å². The fraction of sp³-hybridized carbons (Fsp3) is 0.214. The van der Waals surface area contributed by atoms with Crippen LogP contribution in [0.15, 0.2) is 90.1 Å². The first kappa shape index (κ1) is 29.9.